The van der Waals surface area contributed by atoms with Crippen molar-refractivity contribution < 1.29 is 18.7 Å². The fraction of sp³-hybridized carbons (Fsp3) is 0.600. The van der Waals surface area contributed by atoms with E-state index in [1.807, 2.05) is 4.90 Å². The number of hydrogen-bond acceptors (Lipinski definition) is 5. The van der Waals surface area contributed by atoms with Gasteiger partial charge in [-0.1, -0.05) is 6.07 Å². The van der Waals surface area contributed by atoms with E-state index >= 15 is 0 Å². The Balaban J connectivity index is 1.43. The first-order chi connectivity index (χ1) is 10.7. The fourth-order valence-corrected chi connectivity index (χ4v) is 2.77. The average Bonchev–Trinajstić information content (AvgIpc) is 2.94. The highest BCUT2D eigenvalue weighted by molar-refractivity contribution is 5.77. The zero-order valence-corrected chi connectivity index (χ0v) is 12.4. The summed E-state index contributed by atoms with van der Waals surface area (Å²) in [4.78, 5) is 19.5. The van der Waals surface area contributed by atoms with Crippen molar-refractivity contribution in [2.75, 3.05) is 45.9 Å². The number of carbonyl (C=O) groups is 1. The summed E-state index contributed by atoms with van der Waals surface area (Å²) in [5.41, 5.74) is 0. The Morgan fingerprint density at radius 1 is 1.36 bits per heavy atom. The lowest BCUT2D eigenvalue weighted by atomic mass is 10.3. The van der Waals surface area contributed by atoms with Gasteiger partial charge in [-0.2, -0.15) is 9.37 Å². The summed E-state index contributed by atoms with van der Waals surface area (Å²) in [5, 5.41) is 0. The van der Waals surface area contributed by atoms with E-state index in [2.05, 4.69) is 9.88 Å². The molecule has 2 aliphatic heterocycles. The van der Waals surface area contributed by atoms with E-state index in [9.17, 15) is 9.18 Å². The molecular formula is C15H20FN3O3. The zero-order chi connectivity index (χ0) is 15.4. The van der Waals surface area contributed by atoms with Crippen molar-refractivity contribution in [3.8, 4) is 5.88 Å². The molecule has 1 aromatic heterocycles. The van der Waals surface area contributed by atoms with Gasteiger partial charge in [0.15, 0.2) is 0 Å². The van der Waals surface area contributed by atoms with E-state index in [0.717, 1.165) is 26.1 Å². The highest BCUT2D eigenvalue weighted by Crippen LogP contribution is 2.16. The molecule has 0 aromatic carbocycles. The molecular weight excluding hydrogens is 289 g/mol. The number of amides is 1. The Morgan fingerprint density at radius 3 is 3.09 bits per heavy atom. The third kappa shape index (κ3) is 3.92. The van der Waals surface area contributed by atoms with E-state index in [1.165, 1.54) is 6.07 Å². The van der Waals surface area contributed by atoms with Gasteiger partial charge in [-0.05, 0) is 12.5 Å². The Bertz CT molecular complexity index is 529. The predicted octanol–water partition coefficient (Wildman–Crippen LogP) is 0.533. The van der Waals surface area contributed by atoms with Crippen molar-refractivity contribution in [2.45, 2.75) is 12.5 Å². The number of rotatable bonds is 5. The summed E-state index contributed by atoms with van der Waals surface area (Å²) >= 11 is 0. The molecule has 1 atom stereocenters. The van der Waals surface area contributed by atoms with Gasteiger partial charge in [0.2, 0.25) is 17.7 Å². The minimum Gasteiger partial charge on any atom is -0.473 e. The van der Waals surface area contributed by atoms with Crippen LogP contribution in [0.15, 0.2) is 18.2 Å². The lowest BCUT2D eigenvalue weighted by molar-refractivity contribution is -0.142. The summed E-state index contributed by atoms with van der Waals surface area (Å²) in [6.07, 6.45) is 0.907. The quantitative estimate of drug-likeness (QED) is 0.743. The zero-order valence-electron chi connectivity index (χ0n) is 12.4. The van der Waals surface area contributed by atoms with Crippen molar-refractivity contribution >= 4 is 5.91 Å². The standard InChI is InChI=1S/C15H20FN3O3/c16-13-2-1-3-14(17-13)22-12-4-5-18(10-12)6-7-19-8-9-21-11-15(19)20/h1-3,12H,4-11H2. The van der Waals surface area contributed by atoms with Crippen LogP contribution in [0.1, 0.15) is 6.42 Å². The van der Waals surface area contributed by atoms with E-state index in [0.29, 0.717) is 25.6 Å². The molecule has 1 unspecified atom stereocenters. The van der Waals surface area contributed by atoms with E-state index < -0.39 is 5.95 Å². The molecule has 0 saturated carbocycles. The maximum absolute atomic E-state index is 13.0. The van der Waals surface area contributed by atoms with Crippen LogP contribution in [0.5, 0.6) is 5.88 Å². The molecule has 2 fully saturated rings. The number of pyridine rings is 1. The molecule has 2 saturated heterocycles. The van der Waals surface area contributed by atoms with Gasteiger partial charge in [0, 0.05) is 38.8 Å². The molecule has 0 N–H and O–H groups in total. The summed E-state index contributed by atoms with van der Waals surface area (Å²) < 4.78 is 23.9. The van der Waals surface area contributed by atoms with Crippen LogP contribution >= 0.6 is 0 Å². The number of nitrogens with zero attached hydrogens (tertiary/aromatic N) is 3. The van der Waals surface area contributed by atoms with Gasteiger partial charge in [0.1, 0.15) is 12.7 Å². The average molecular weight is 309 g/mol. The molecule has 0 aliphatic carbocycles. The predicted molar refractivity (Wildman–Crippen MR) is 77.1 cm³/mol. The van der Waals surface area contributed by atoms with E-state index in [1.54, 1.807) is 12.1 Å². The Labute approximate surface area is 128 Å². The molecule has 3 heterocycles. The van der Waals surface area contributed by atoms with Crippen LogP contribution in [-0.2, 0) is 9.53 Å². The minimum absolute atomic E-state index is 0.0229. The second-order valence-electron chi connectivity index (χ2n) is 5.56. The molecule has 0 spiro atoms. The monoisotopic (exact) mass is 309 g/mol. The van der Waals surface area contributed by atoms with Crippen molar-refractivity contribution in [2.24, 2.45) is 0 Å². The first-order valence-corrected chi connectivity index (χ1v) is 7.58. The summed E-state index contributed by atoms with van der Waals surface area (Å²) in [6.45, 7) is 4.70. The summed E-state index contributed by atoms with van der Waals surface area (Å²) in [7, 11) is 0. The second kappa shape index (κ2) is 7.02. The van der Waals surface area contributed by atoms with E-state index in [-0.39, 0.29) is 18.6 Å². The smallest absolute Gasteiger partial charge is 0.248 e. The molecule has 3 rings (SSSR count). The Morgan fingerprint density at radius 2 is 2.27 bits per heavy atom. The minimum atomic E-state index is -0.529. The van der Waals surface area contributed by atoms with Crippen LogP contribution in [-0.4, -0.2) is 72.7 Å². The van der Waals surface area contributed by atoms with Crippen molar-refractivity contribution in [3.63, 3.8) is 0 Å². The largest absolute Gasteiger partial charge is 0.473 e. The van der Waals surface area contributed by atoms with Crippen molar-refractivity contribution in [1.82, 2.24) is 14.8 Å². The van der Waals surface area contributed by atoms with Crippen LogP contribution in [0, 0.1) is 5.95 Å². The first-order valence-electron chi connectivity index (χ1n) is 7.58. The second-order valence-corrected chi connectivity index (χ2v) is 5.56. The van der Waals surface area contributed by atoms with Crippen LogP contribution in [0.4, 0.5) is 4.39 Å². The van der Waals surface area contributed by atoms with Gasteiger partial charge in [0.05, 0.1) is 6.61 Å². The summed E-state index contributed by atoms with van der Waals surface area (Å²) in [5.74, 6) is -0.143. The van der Waals surface area contributed by atoms with E-state index in [4.69, 9.17) is 9.47 Å². The van der Waals surface area contributed by atoms with Crippen molar-refractivity contribution in [3.05, 3.63) is 24.1 Å². The Hall–Kier alpha value is -1.73. The fourth-order valence-electron chi connectivity index (χ4n) is 2.77. The number of morpholine rings is 1. The molecule has 0 bridgehead atoms. The Kier molecular flexibility index (Phi) is 4.84. The maximum atomic E-state index is 13.0. The SMILES string of the molecule is O=C1COCCN1CCN1CCC(Oc2cccc(F)n2)C1. The van der Waals surface area contributed by atoms with Gasteiger partial charge in [0.25, 0.3) is 0 Å². The van der Waals surface area contributed by atoms with Gasteiger partial charge in [-0.3, -0.25) is 9.69 Å². The van der Waals surface area contributed by atoms with Crippen LogP contribution in [0.2, 0.25) is 0 Å². The third-order valence-corrected chi connectivity index (χ3v) is 3.98. The molecule has 6 nitrogen and oxygen atoms in total. The van der Waals surface area contributed by atoms with Crippen LogP contribution in [0.25, 0.3) is 0 Å². The van der Waals surface area contributed by atoms with Gasteiger partial charge < -0.3 is 14.4 Å². The first kappa shape index (κ1) is 15.2. The molecule has 120 valence electrons. The number of aromatic nitrogens is 1. The molecule has 22 heavy (non-hydrogen) atoms. The maximum Gasteiger partial charge on any atom is 0.248 e. The third-order valence-electron chi connectivity index (χ3n) is 3.98. The number of carbonyl (C=O) groups excluding carboxylic acids is 1. The van der Waals surface area contributed by atoms with Crippen LogP contribution < -0.4 is 4.74 Å². The molecule has 7 heteroatoms. The highest BCUT2D eigenvalue weighted by Gasteiger charge is 2.26. The molecule has 0 radical (unpaired) electrons. The van der Waals surface area contributed by atoms with Gasteiger partial charge in [-0.15, -0.1) is 0 Å². The van der Waals surface area contributed by atoms with Crippen molar-refractivity contribution in [1.29, 1.82) is 0 Å². The molecule has 1 aromatic rings. The number of halogens is 1. The molecule has 1 amide bonds. The summed E-state index contributed by atoms with van der Waals surface area (Å²) in [6, 6.07) is 4.56. The number of hydrogen-bond donors (Lipinski definition) is 0. The van der Waals surface area contributed by atoms with Crippen LogP contribution in [0.3, 0.4) is 0 Å². The lowest BCUT2D eigenvalue weighted by Gasteiger charge is -2.28. The normalized spacial score (nSPS) is 23.0. The number of likely N-dealkylation sites (tertiary alicyclic amines) is 1. The van der Waals surface area contributed by atoms with Gasteiger partial charge >= 0.3 is 0 Å². The number of ether oxygens (including phenoxy) is 2. The topological polar surface area (TPSA) is 54.9 Å². The highest BCUT2D eigenvalue weighted by atomic mass is 19.1. The van der Waals surface area contributed by atoms with Gasteiger partial charge in [-0.25, -0.2) is 0 Å². The molecule has 2 aliphatic rings. The lowest BCUT2D eigenvalue weighted by Crippen LogP contribution is -2.45.